The molecule has 2 aromatic rings. The van der Waals surface area contributed by atoms with Crippen LogP contribution in [0.1, 0.15) is 379 Å². The van der Waals surface area contributed by atoms with Gasteiger partial charge in [-0.25, -0.2) is 0 Å². The van der Waals surface area contributed by atoms with E-state index in [0.29, 0.717) is 207 Å². The summed E-state index contributed by atoms with van der Waals surface area (Å²) in [6, 6.07) is 15.0. The monoisotopic (exact) mass is 1940 g/mol. The molecule has 3 amide bonds. The van der Waals surface area contributed by atoms with Crippen LogP contribution in [0.2, 0.25) is 0 Å². The van der Waals surface area contributed by atoms with E-state index in [1.54, 1.807) is 23.1 Å². The minimum Gasteiger partial charge on any atom is -0.469 e. The Balaban J connectivity index is 0.000000136. The normalized spacial score (nSPS) is 46.1. The Bertz CT molecular complexity index is 4570. The van der Waals surface area contributed by atoms with Gasteiger partial charge in [0.2, 0.25) is 0 Å². The van der Waals surface area contributed by atoms with E-state index in [2.05, 4.69) is 116 Å². The highest BCUT2D eigenvalue weighted by atomic mass is 16.5. The van der Waals surface area contributed by atoms with Gasteiger partial charge in [0.1, 0.15) is 0 Å². The van der Waals surface area contributed by atoms with Crippen LogP contribution in [0, 0.1) is 209 Å². The highest BCUT2D eigenvalue weighted by Gasteiger charge is 2.71. The van der Waals surface area contributed by atoms with Gasteiger partial charge in [-0.1, -0.05) is 141 Å². The molecule has 17 aliphatic rings. The lowest BCUT2D eigenvalue weighted by atomic mass is 9.41. The van der Waals surface area contributed by atoms with Crippen molar-refractivity contribution in [2.45, 2.75) is 397 Å². The molecule has 44 atom stereocenters. The van der Waals surface area contributed by atoms with Crippen LogP contribution in [-0.2, 0) is 44.7 Å². The van der Waals surface area contributed by atoms with Gasteiger partial charge in [-0.2, -0.15) is 0 Å². The van der Waals surface area contributed by atoms with Gasteiger partial charge >= 0.3 is 23.9 Å². The zero-order chi connectivity index (χ0) is 101. The first-order valence-corrected chi connectivity index (χ1v) is 56.7. The molecule has 1 aliphatic heterocycles. The molecule has 0 spiro atoms. The largest absolute Gasteiger partial charge is 0.469 e. The molecule has 0 aromatic heterocycles. The lowest BCUT2D eigenvalue weighted by Crippen LogP contribution is -2.61. The van der Waals surface area contributed by atoms with Crippen molar-refractivity contribution < 1.29 is 83.1 Å². The van der Waals surface area contributed by atoms with Crippen LogP contribution < -0.4 is 11.1 Å². The van der Waals surface area contributed by atoms with Gasteiger partial charge in [0.25, 0.3) is 17.7 Å². The van der Waals surface area contributed by atoms with E-state index in [9.17, 15) is 64.2 Å². The number of fused-ring (bicyclic) bond motifs is 21. The molecule has 20 heteroatoms. The fourth-order valence-electron chi connectivity index (χ4n) is 39.9. The second kappa shape index (κ2) is 42.0. The topological polar surface area (TPSA) is 319 Å². The Morgan fingerprint density at radius 2 is 0.693 bits per heavy atom. The summed E-state index contributed by atoms with van der Waals surface area (Å²) in [5.74, 6) is 14.5. The molecule has 1 heterocycles. The maximum absolute atomic E-state index is 13.3. The van der Waals surface area contributed by atoms with Gasteiger partial charge in [-0.05, 0) is 438 Å². The summed E-state index contributed by atoms with van der Waals surface area (Å²) in [5, 5.41) is 70.4. The number of amides is 3. The molecular formula is C120H187N3O17. The minimum absolute atomic E-state index is 0.0147. The number of ether oxygens (including phenoxy) is 4. The first-order chi connectivity index (χ1) is 66.3. The third kappa shape index (κ3) is 18.7. The van der Waals surface area contributed by atoms with Crippen LogP contribution in [0.3, 0.4) is 0 Å². The number of nitrogens with zero attached hydrogens (tertiary/aromatic N) is 1. The predicted molar refractivity (Wildman–Crippen MR) is 545 cm³/mol. The quantitative estimate of drug-likeness (QED) is 0.0347. The Labute approximate surface area is 841 Å². The first-order valence-electron chi connectivity index (χ1n) is 56.7. The molecule has 19 rings (SSSR count). The van der Waals surface area contributed by atoms with Crippen molar-refractivity contribution in [2.75, 3.05) is 28.4 Å². The molecule has 16 aliphatic carbocycles. The highest BCUT2D eigenvalue weighted by molar-refractivity contribution is 6.21. The average molecular weight is 1940 g/mol. The van der Waals surface area contributed by atoms with Crippen LogP contribution in [0.4, 0.5) is 0 Å². The molecular weight excluding hydrogens is 1760 g/mol. The number of imide groups is 1. The molecule has 0 radical (unpaired) electrons. The van der Waals surface area contributed by atoms with Crippen LogP contribution >= 0.6 is 0 Å². The number of nitrogens with two attached hydrogens (primary N) is 1. The lowest BCUT2D eigenvalue weighted by molar-refractivity contribution is -0.190. The van der Waals surface area contributed by atoms with Crippen molar-refractivity contribution in [2.24, 2.45) is 215 Å². The zero-order valence-corrected chi connectivity index (χ0v) is 89.8. The maximum atomic E-state index is 13.3. The number of hydrogen-bond acceptors (Lipinski definition) is 18. The highest BCUT2D eigenvalue weighted by Crippen LogP contribution is 2.76. The second-order valence-electron chi connectivity index (χ2n) is 53.1. The fraction of sp³-hybridized carbons (Fsp3) is 0.842. The first kappa shape index (κ1) is 107. The summed E-state index contributed by atoms with van der Waals surface area (Å²) in [4.78, 5) is 88.3. The number of hydrogen-bond donors (Lipinski definition) is 8. The maximum Gasteiger partial charge on any atom is 0.305 e. The van der Waals surface area contributed by atoms with Crippen molar-refractivity contribution in [3.8, 4) is 0 Å². The van der Waals surface area contributed by atoms with Crippen LogP contribution in [-0.4, -0.2) is 154 Å². The van der Waals surface area contributed by atoms with Crippen molar-refractivity contribution in [3.05, 3.63) is 70.8 Å². The summed E-state index contributed by atoms with van der Waals surface area (Å²) in [7, 11) is 5.85. The molecule has 28 unspecified atom stereocenters. The van der Waals surface area contributed by atoms with Gasteiger partial charge < -0.3 is 60.6 Å². The predicted octanol–water partition coefficient (Wildman–Crippen LogP) is 21.4. The van der Waals surface area contributed by atoms with E-state index in [-0.39, 0.29) is 129 Å². The molecule has 16 saturated carbocycles. The van der Waals surface area contributed by atoms with Crippen molar-refractivity contribution in [1.82, 2.24) is 10.2 Å². The number of carbonyl (C=O) groups excluding carboxylic acids is 7. The number of aliphatic hydroxyl groups is 6. The average Bonchev–Trinajstić information content (AvgIpc) is 1.50. The molecule has 9 N–H and O–H groups in total. The Morgan fingerprint density at radius 3 is 1.04 bits per heavy atom. The number of aliphatic hydroxyl groups excluding tert-OH is 6. The van der Waals surface area contributed by atoms with Crippen molar-refractivity contribution in [1.29, 1.82) is 0 Å². The summed E-state index contributed by atoms with van der Waals surface area (Å²) < 4.78 is 19.5. The molecule has 2 aromatic carbocycles. The van der Waals surface area contributed by atoms with E-state index in [1.165, 1.54) is 92.6 Å². The van der Waals surface area contributed by atoms with Crippen LogP contribution in [0.5, 0.6) is 0 Å². The number of nitrogens with one attached hydrogen (secondary N) is 1. The molecule has 16 fully saturated rings. The minimum atomic E-state index is -0.344. The zero-order valence-electron chi connectivity index (χ0n) is 89.8. The summed E-state index contributed by atoms with van der Waals surface area (Å²) >= 11 is 0. The lowest BCUT2D eigenvalue weighted by Gasteiger charge is -2.64. The second-order valence-corrected chi connectivity index (χ2v) is 53.1. The van der Waals surface area contributed by atoms with Crippen LogP contribution in [0.25, 0.3) is 0 Å². The number of benzene rings is 2. The molecule has 0 bridgehead atoms. The third-order valence-electron chi connectivity index (χ3n) is 47.6. The molecule has 784 valence electrons. The van der Waals surface area contributed by atoms with Gasteiger partial charge in [-0.3, -0.25) is 38.5 Å². The SMILES string of the molecule is COC(=O)CCC(C)[C@H]1CCC2C3C(CC(O)[C@@]21C)[C@@]1(C)CCC(N)CC1C[C@H]3C.COC(=O)CCC(C)[C@H]1CCC2C3C(CC(O)[C@@]21C)[C@@]1(C)CCC(N2C(=O)c4ccccc4C2=O)CC1C[C@H]3C.COC(=O)CCC(C)[C@H]1CCC2C3C(CC(O)[C@@]21C)[C@@]1(C)CCC(NC(=O)c2ccccc2CO)CC1C[C@H]3C.COC(=O)CCC(C)[C@H]1CCC2C3C(CC(O)[C@@]21C)[C@@]1(C)CCC(O)CC1C[C@H]3C. The van der Waals surface area contributed by atoms with Gasteiger partial charge in [0.05, 0.1) is 76.7 Å². The van der Waals surface area contributed by atoms with E-state index in [4.69, 9.17) is 24.7 Å². The number of methoxy groups -OCH3 is 4. The van der Waals surface area contributed by atoms with Crippen molar-refractivity contribution in [3.63, 3.8) is 0 Å². The summed E-state index contributed by atoms with van der Waals surface area (Å²) in [6.45, 7) is 38.2. The van der Waals surface area contributed by atoms with E-state index in [0.717, 1.165) is 159 Å². The smallest absolute Gasteiger partial charge is 0.305 e. The standard InChI is InChI=1S/C34H47NO5.C34H51NO5.C26H45NO3.C26H44O4/c1-19(10-13-29(37)40-5)25-11-12-26-30-20(2)16-21-17-22(35-31(38)23-8-6-7-9-24(23)32(35)39)14-15-33(21,3)27(30)18-28(36)34(25,26)4;1-20(10-13-30(38)40-5)26-11-12-27-31-21(2)16-23-17-24(35-32(39)25-9-7-6-8-22(25)19-36)14-15-33(23,3)28(31)18-29(37)34(26,27)4;2*1-15(6-9-23(29)30-5)19-7-8-20-24-16(2)12-17-13-18(27)10-11-25(17,3)21(24)14-22(28)26(19,20)4/h6-9,19-22,25-28,30,36H,10-18H2,1-5H3;6-9,20-21,23-24,26-29,31,36-37H,10-19H2,1-5H3,(H,35,39);15-22,24,28H,6-14,27H2,1-5H3;15-22,24,27-28H,6-14H2,1-5H3/t19?,20-,21?,22?,25-,26?,27?,28?,30?,33+,34-;20?,21-,23?,24?,26-,27?,28?,29?,31?,33+,34-;2*15?,16-,17?,18?,19-,20?,21?,22?,24?,25+,26-/m1111/s1. The molecule has 0 saturated heterocycles. The number of carbonyl (C=O) groups is 7. The summed E-state index contributed by atoms with van der Waals surface area (Å²) in [6.07, 6.45) is 34.2. The van der Waals surface area contributed by atoms with E-state index < -0.39 is 0 Å². The van der Waals surface area contributed by atoms with E-state index in [1.807, 2.05) is 30.3 Å². The van der Waals surface area contributed by atoms with Gasteiger partial charge in [0.15, 0.2) is 0 Å². The summed E-state index contributed by atoms with van der Waals surface area (Å²) in [5.41, 5.74) is 9.35. The van der Waals surface area contributed by atoms with Gasteiger partial charge in [0, 0.05) is 49.4 Å². The Kier molecular flexibility index (Phi) is 32.2. The van der Waals surface area contributed by atoms with Gasteiger partial charge in [-0.15, -0.1) is 0 Å². The van der Waals surface area contributed by atoms with Crippen LogP contribution in [0.15, 0.2) is 48.5 Å². The molecule has 140 heavy (non-hydrogen) atoms. The number of rotatable bonds is 20. The van der Waals surface area contributed by atoms with E-state index >= 15 is 0 Å². The van der Waals surface area contributed by atoms with Crippen molar-refractivity contribution >= 4 is 41.6 Å². The fourth-order valence-corrected chi connectivity index (χ4v) is 39.9. The third-order valence-corrected chi connectivity index (χ3v) is 47.6. The molecule has 20 nitrogen and oxygen atoms in total. The Hall–Kier alpha value is -5.35. The number of esters is 4. The Morgan fingerprint density at radius 1 is 0.386 bits per heavy atom.